The minimum atomic E-state index is -1.23. The summed E-state index contributed by atoms with van der Waals surface area (Å²) in [7, 11) is 0. The first-order valence-corrected chi connectivity index (χ1v) is 12.7. The highest BCUT2D eigenvalue weighted by molar-refractivity contribution is 5.89. The fourth-order valence-electron chi connectivity index (χ4n) is 7.06. The average Bonchev–Trinajstić information content (AvgIpc) is 3.07. The van der Waals surface area contributed by atoms with E-state index in [4.69, 9.17) is 23.7 Å². The molecule has 3 fully saturated rings. The van der Waals surface area contributed by atoms with Gasteiger partial charge in [-0.25, -0.2) is 4.79 Å². The van der Waals surface area contributed by atoms with Crippen molar-refractivity contribution in [3.63, 3.8) is 0 Å². The zero-order chi connectivity index (χ0) is 27.3. The van der Waals surface area contributed by atoms with Crippen molar-refractivity contribution >= 4 is 23.9 Å². The molecule has 2 bridgehead atoms. The summed E-state index contributed by atoms with van der Waals surface area (Å²) in [6, 6.07) is 8.50. The van der Waals surface area contributed by atoms with Gasteiger partial charge in [-0.2, -0.15) is 0 Å². The fourth-order valence-corrected chi connectivity index (χ4v) is 7.06. The third-order valence-corrected chi connectivity index (χ3v) is 8.53. The summed E-state index contributed by atoms with van der Waals surface area (Å²) in [5.41, 5.74) is -2.58. The van der Waals surface area contributed by atoms with Gasteiger partial charge in [0.25, 0.3) is 0 Å². The molecule has 1 aromatic rings. The predicted octanol–water partition coefficient (Wildman–Crippen LogP) is 3.62. The molecule has 202 valence electrons. The molecule has 0 aromatic heterocycles. The average molecular weight is 517 g/mol. The highest BCUT2D eigenvalue weighted by Crippen LogP contribution is 2.67. The second-order valence-corrected chi connectivity index (χ2v) is 11.3. The maximum absolute atomic E-state index is 13.4. The summed E-state index contributed by atoms with van der Waals surface area (Å²) >= 11 is 0. The Hall–Kier alpha value is -2.94. The van der Waals surface area contributed by atoms with Crippen LogP contribution in [0.4, 0.5) is 0 Å². The molecule has 8 atom stereocenters. The minimum absolute atomic E-state index is 0.172. The smallest absolute Gasteiger partial charge is 0.338 e. The van der Waals surface area contributed by atoms with Crippen LogP contribution in [-0.2, 0) is 38.1 Å². The van der Waals surface area contributed by atoms with Crippen LogP contribution in [0, 0.1) is 17.3 Å². The van der Waals surface area contributed by atoms with Crippen molar-refractivity contribution < 1.29 is 42.9 Å². The Morgan fingerprint density at radius 3 is 2.00 bits per heavy atom. The van der Waals surface area contributed by atoms with Gasteiger partial charge in [0.05, 0.1) is 22.2 Å². The maximum Gasteiger partial charge on any atom is 0.338 e. The van der Waals surface area contributed by atoms with Crippen LogP contribution in [0.5, 0.6) is 0 Å². The Morgan fingerprint density at radius 1 is 0.838 bits per heavy atom. The molecule has 0 amide bonds. The Morgan fingerprint density at radius 2 is 1.43 bits per heavy atom. The number of carbonyl (C=O) groups is 4. The molecule has 9 heteroatoms. The highest BCUT2D eigenvalue weighted by Gasteiger charge is 2.78. The number of hydrogen-bond acceptors (Lipinski definition) is 9. The number of ether oxygens (including phenoxy) is 5. The van der Waals surface area contributed by atoms with Crippen molar-refractivity contribution in [2.24, 2.45) is 17.3 Å². The van der Waals surface area contributed by atoms with Crippen molar-refractivity contribution in [3.05, 3.63) is 35.9 Å². The van der Waals surface area contributed by atoms with Gasteiger partial charge in [0, 0.05) is 26.7 Å². The highest BCUT2D eigenvalue weighted by atomic mass is 16.6. The van der Waals surface area contributed by atoms with Gasteiger partial charge in [-0.15, -0.1) is 0 Å². The van der Waals surface area contributed by atoms with Crippen LogP contribution in [0.15, 0.2) is 30.3 Å². The van der Waals surface area contributed by atoms with Gasteiger partial charge < -0.3 is 23.7 Å². The molecule has 3 aliphatic rings. The SMILES string of the molecule is CC(=O)OC1CC(C)C23CC(C(OC(C)=O)C(OC(=O)c4ccccc4)C2(C)C1OC(C)=O)C(C)(C)O3. The van der Waals surface area contributed by atoms with Gasteiger partial charge in [-0.1, -0.05) is 25.1 Å². The number of carbonyl (C=O) groups excluding carboxylic acids is 4. The van der Waals surface area contributed by atoms with E-state index in [1.165, 1.54) is 20.8 Å². The van der Waals surface area contributed by atoms with E-state index in [0.717, 1.165) is 0 Å². The molecule has 37 heavy (non-hydrogen) atoms. The van der Waals surface area contributed by atoms with Gasteiger partial charge in [0.2, 0.25) is 0 Å². The molecule has 2 aliphatic carbocycles. The van der Waals surface area contributed by atoms with E-state index in [1.807, 2.05) is 27.7 Å². The molecule has 0 N–H and O–H groups in total. The number of hydrogen-bond donors (Lipinski definition) is 0. The molecule has 1 spiro atoms. The Labute approximate surface area is 217 Å². The largest absolute Gasteiger partial charge is 0.459 e. The minimum Gasteiger partial charge on any atom is -0.459 e. The summed E-state index contributed by atoms with van der Waals surface area (Å²) in [5, 5.41) is 0. The summed E-state index contributed by atoms with van der Waals surface area (Å²) < 4.78 is 30.5. The molecule has 2 saturated carbocycles. The lowest BCUT2D eigenvalue weighted by molar-refractivity contribution is -0.291. The number of fused-ring (bicyclic) bond motifs is 1. The second-order valence-electron chi connectivity index (χ2n) is 11.3. The standard InChI is InChI=1S/C28H36O9/c1-15-13-21(33-16(2)29)23(35-18(4)31)27(7)24(36-25(32)19-11-9-8-10-12-19)22(34-17(3)30)20-14-28(15,27)37-26(20,5)6/h8-12,15,20-24H,13-14H2,1-7H3. The van der Waals surface area contributed by atoms with Crippen molar-refractivity contribution in [2.75, 3.05) is 0 Å². The predicted molar refractivity (Wildman–Crippen MR) is 130 cm³/mol. The second kappa shape index (κ2) is 9.42. The lowest BCUT2D eigenvalue weighted by atomic mass is 9.49. The Bertz CT molecular complexity index is 1080. The quantitative estimate of drug-likeness (QED) is 0.427. The van der Waals surface area contributed by atoms with Crippen LogP contribution in [0.1, 0.15) is 71.7 Å². The Kier molecular flexibility index (Phi) is 6.90. The van der Waals surface area contributed by atoms with Crippen LogP contribution in [0.3, 0.4) is 0 Å². The van der Waals surface area contributed by atoms with Crippen LogP contribution >= 0.6 is 0 Å². The van der Waals surface area contributed by atoms with Crippen LogP contribution in [-0.4, -0.2) is 59.5 Å². The van der Waals surface area contributed by atoms with Gasteiger partial charge in [0.1, 0.15) is 12.2 Å². The zero-order valence-electron chi connectivity index (χ0n) is 22.4. The summed E-state index contributed by atoms with van der Waals surface area (Å²) in [5.74, 6) is -2.72. The monoisotopic (exact) mass is 516 g/mol. The van der Waals surface area contributed by atoms with Crippen LogP contribution in [0.25, 0.3) is 0 Å². The molecule has 0 radical (unpaired) electrons. The first-order valence-electron chi connectivity index (χ1n) is 12.7. The van der Waals surface area contributed by atoms with Crippen molar-refractivity contribution in [1.82, 2.24) is 0 Å². The van der Waals surface area contributed by atoms with Crippen molar-refractivity contribution in [3.8, 4) is 0 Å². The summed E-state index contributed by atoms with van der Waals surface area (Å²) in [6.07, 6.45) is -2.91. The molecule has 8 unspecified atom stereocenters. The van der Waals surface area contributed by atoms with E-state index in [9.17, 15) is 19.2 Å². The van der Waals surface area contributed by atoms with Crippen LogP contribution in [0.2, 0.25) is 0 Å². The fraction of sp³-hybridized carbons (Fsp3) is 0.643. The van der Waals surface area contributed by atoms with Crippen molar-refractivity contribution in [2.45, 2.75) is 96.9 Å². The maximum atomic E-state index is 13.4. The van der Waals surface area contributed by atoms with E-state index >= 15 is 0 Å². The third kappa shape index (κ3) is 4.41. The number of rotatable bonds is 5. The van der Waals surface area contributed by atoms with E-state index < -0.39 is 64.9 Å². The number of benzene rings is 1. The van der Waals surface area contributed by atoms with Crippen molar-refractivity contribution in [1.29, 1.82) is 0 Å². The van der Waals surface area contributed by atoms with Gasteiger partial charge in [-0.05, 0) is 51.7 Å². The topological polar surface area (TPSA) is 114 Å². The molecular weight excluding hydrogens is 480 g/mol. The molecule has 1 saturated heterocycles. The first kappa shape index (κ1) is 27.1. The Balaban J connectivity index is 1.92. The first-order chi connectivity index (χ1) is 17.2. The molecule has 1 aromatic carbocycles. The lowest BCUT2D eigenvalue weighted by Crippen LogP contribution is -2.74. The van der Waals surface area contributed by atoms with E-state index in [2.05, 4.69) is 0 Å². The zero-order valence-corrected chi connectivity index (χ0v) is 22.4. The molecule has 1 aliphatic heterocycles. The van der Waals surface area contributed by atoms with Gasteiger partial charge >= 0.3 is 23.9 Å². The normalized spacial score (nSPS) is 37.6. The van der Waals surface area contributed by atoms with Gasteiger partial charge in [0.15, 0.2) is 12.2 Å². The van der Waals surface area contributed by atoms with E-state index in [0.29, 0.717) is 18.4 Å². The van der Waals surface area contributed by atoms with Gasteiger partial charge in [-0.3, -0.25) is 14.4 Å². The molecule has 9 nitrogen and oxygen atoms in total. The molecular formula is C28H36O9. The molecule has 1 heterocycles. The third-order valence-electron chi connectivity index (χ3n) is 8.53. The summed E-state index contributed by atoms with van der Waals surface area (Å²) in [6.45, 7) is 11.6. The summed E-state index contributed by atoms with van der Waals surface area (Å²) in [4.78, 5) is 50.2. The lowest BCUT2D eigenvalue weighted by Gasteiger charge is -2.62. The van der Waals surface area contributed by atoms with E-state index in [-0.39, 0.29) is 11.8 Å². The van der Waals surface area contributed by atoms with Crippen LogP contribution < -0.4 is 0 Å². The number of esters is 4. The molecule has 4 rings (SSSR count). The van der Waals surface area contributed by atoms with E-state index in [1.54, 1.807) is 30.3 Å².